The van der Waals surface area contributed by atoms with Crippen molar-refractivity contribution >= 4 is 27.5 Å². The first kappa shape index (κ1) is 29.8. The van der Waals surface area contributed by atoms with E-state index in [1.165, 1.54) is 12.1 Å². The summed E-state index contributed by atoms with van der Waals surface area (Å²) in [6.45, 7) is 4.49. The van der Waals surface area contributed by atoms with Crippen LogP contribution in [0.4, 0.5) is 19.0 Å². The van der Waals surface area contributed by atoms with Crippen LogP contribution in [-0.2, 0) is 6.42 Å². The predicted molar refractivity (Wildman–Crippen MR) is 173 cm³/mol. The van der Waals surface area contributed by atoms with Crippen molar-refractivity contribution in [3.8, 4) is 22.9 Å². The molecule has 4 saturated heterocycles. The van der Waals surface area contributed by atoms with Crippen LogP contribution in [-0.4, -0.2) is 76.6 Å². The molecule has 0 radical (unpaired) electrons. The third-order valence-corrected chi connectivity index (χ3v) is 10.7. The van der Waals surface area contributed by atoms with Crippen molar-refractivity contribution < 1.29 is 23.0 Å². The Bertz CT molecular complexity index is 1780. The van der Waals surface area contributed by atoms with Gasteiger partial charge in [0.1, 0.15) is 29.1 Å². The minimum atomic E-state index is -0.801. The number of benzene rings is 3. The Hall–Kier alpha value is -3.63. The smallest absolute Gasteiger partial charge is 0.319 e. The number of aromatic nitrogens is 2. The lowest BCUT2D eigenvalue weighted by atomic mass is 9.92. The van der Waals surface area contributed by atoms with E-state index in [4.69, 9.17) is 9.72 Å². The largest absolute Gasteiger partial charge is 0.508 e. The van der Waals surface area contributed by atoms with E-state index in [1.54, 1.807) is 6.07 Å². The number of phenols is 1. The standard InChI is InChI=1S/C36H40F3N5O2/c1-2-20-5-3-6-21-13-27(45)16-28(31(20)21)32-30(38)17-29-34(33(32)39)41-36(42-35(29)43-18-23-7-8-24(19-43)40-23)46-12-4-11-44-25-9-10-26(44)15-22(37)14-25/h3,5-6,13,16-17,22-26,40,45H,2,4,7-12,14-15,18-19H2,1H3/t22?,23?,24?,25-,26?/m1/s1. The van der Waals surface area contributed by atoms with Gasteiger partial charge in [-0.2, -0.15) is 9.97 Å². The fraction of sp³-hybridized carbons (Fsp3) is 0.500. The van der Waals surface area contributed by atoms with Crippen LogP contribution in [0.15, 0.2) is 36.4 Å². The first-order valence-corrected chi connectivity index (χ1v) is 16.8. The van der Waals surface area contributed by atoms with Gasteiger partial charge in [0, 0.05) is 49.2 Å². The Morgan fingerprint density at radius 1 is 1.00 bits per heavy atom. The zero-order valence-corrected chi connectivity index (χ0v) is 26.1. The topological polar surface area (TPSA) is 73.8 Å². The third kappa shape index (κ3) is 5.23. The summed E-state index contributed by atoms with van der Waals surface area (Å²) in [7, 11) is 0. The Balaban J connectivity index is 1.17. The molecule has 5 heterocycles. The van der Waals surface area contributed by atoms with Crippen LogP contribution in [0.3, 0.4) is 0 Å². The molecule has 4 bridgehead atoms. The molecule has 4 aliphatic rings. The molecule has 4 aliphatic heterocycles. The highest BCUT2D eigenvalue weighted by Crippen LogP contribution is 2.42. The van der Waals surface area contributed by atoms with Gasteiger partial charge in [0.15, 0.2) is 5.82 Å². The van der Waals surface area contributed by atoms with Crippen molar-refractivity contribution in [2.24, 2.45) is 0 Å². The molecule has 3 aromatic carbocycles. The number of hydrogen-bond donors (Lipinski definition) is 2. The van der Waals surface area contributed by atoms with E-state index in [0.717, 1.165) is 37.8 Å². The fourth-order valence-electron chi connectivity index (χ4n) is 8.65. The number of piperazine rings is 1. The van der Waals surface area contributed by atoms with Gasteiger partial charge in [-0.1, -0.05) is 25.1 Å². The average Bonchev–Trinajstić information content (AvgIpc) is 3.50. The van der Waals surface area contributed by atoms with Crippen LogP contribution >= 0.6 is 0 Å². The van der Waals surface area contributed by atoms with Crippen molar-refractivity contribution in [2.45, 2.75) is 88.6 Å². The number of nitrogens with one attached hydrogen (secondary N) is 1. The number of fused-ring (bicyclic) bond motifs is 6. The van der Waals surface area contributed by atoms with E-state index < -0.39 is 17.8 Å². The number of phenolic OH excluding ortho intramolecular Hbond substituents is 1. The second-order valence-electron chi connectivity index (χ2n) is 13.6. The van der Waals surface area contributed by atoms with Gasteiger partial charge in [0.05, 0.1) is 12.2 Å². The number of alkyl halides is 1. The predicted octanol–water partition coefficient (Wildman–Crippen LogP) is 6.67. The Labute approximate surface area is 266 Å². The quantitative estimate of drug-likeness (QED) is 0.211. The minimum Gasteiger partial charge on any atom is -0.508 e. The fourth-order valence-corrected chi connectivity index (χ4v) is 8.65. The number of nitrogens with zero attached hydrogens (tertiary/aromatic N) is 4. The molecule has 242 valence electrons. The summed E-state index contributed by atoms with van der Waals surface area (Å²) >= 11 is 0. The lowest BCUT2D eigenvalue weighted by Crippen LogP contribution is -2.51. The van der Waals surface area contributed by atoms with E-state index in [0.29, 0.717) is 85.0 Å². The van der Waals surface area contributed by atoms with E-state index >= 15 is 8.78 Å². The lowest BCUT2D eigenvalue weighted by molar-refractivity contribution is 0.0777. The summed E-state index contributed by atoms with van der Waals surface area (Å²) in [6.07, 6.45) is 6.06. The molecule has 4 unspecified atom stereocenters. The third-order valence-electron chi connectivity index (χ3n) is 10.7. The molecule has 0 amide bonds. The minimum absolute atomic E-state index is 0.00388. The number of rotatable bonds is 8. The summed E-state index contributed by atoms with van der Waals surface area (Å²) in [5.41, 5.74) is 0.992. The van der Waals surface area contributed by atoms with Crippen LogP contribution < -0.4 is 15.0 Å². The maximum absolute atomic E-state index is 16.8. The van der Waals surface area contributed by atoms with Crippen LogP contribution in [0.1, 0.15) is 57.4 Å². The summed E-state index contributed by atoms with van der Waals surface area (Å²) in [6, 6.07) is 11.3. The van der Waals surface area contributed by atoms with Gasteiger partial charge in [0.25, 0.3) is 0 Å². The van der Waals surface area contributed by atoms with Crippen LogP contribution in [0.25, 0.3) is 32.8 Å². The van der Waals surface area contributed by atoms with E-state index in [-0.39, 0.29) is 34.9 Å². The van der Waals surface area contributed by atoms with Gasteiger partial charge in [-0.05, 0) is 91.5 Å². The molecular weight excluding hydrogens is 591 g/mol. The molecule has 4 aromatic rings. The average molecular weight is 632 g/mol. The Morgan fingerprint density at radius 2 is 1.76 bits per heavy atom. The van der Waals surface area contributed by atoms with Gasteiger partial charge in [-0.3, -0.25) is 4.90 Å². The first-order valence-electron chi connectivity index (χ1n) is 16.8. The van der Waals surface area contributed by atoms with E-state index in [9.17, 15) is 9.50 Å². The molecule has 0 aliphatic carbocycles. The Kier molecular flexibility index (Phi) is 7.68. The molecule has 8 rings (SSSR count). The molecule has 46 heavy (non-hydrogen) atoms. The van der Waals surface area contributed by atoms with Crippen LogP contribution in [0.5, 0.6) is 11.8 Å². The van der Waals surface area contributed by atoms with Gasteiger partial charge in [-0.25, -0.2) is 13.2 Å². The molecule has 4 fully saturated rings. The van der Waals surface area contributed by atoms with Crippen molar-refractivity contribution in [1.29, 1.82) is 0 Å². The number of piperidine rings is 1. The maximum Gasteiger partial charge on any atom is 0.319 e. The zero-order valence-electron chi connectivity index (χ0n) is 26.1. The first-order chi connectivity index (χ1) is 22.4. The van der Waals surface area contributed by atoms with Crippen molar-refractivity contribution in [1.82, 2.24) is 20.2 Å². The molecular formula is C36H40F3N5O2. The second-order valence-corrected chi connectivity index (χ2v) is 13.6. The molecule has 0 spiro atoms. The molecule has 7 nitrogen and oxygen atoms in total. The highest BCUT2D eigenvalue weighted by Gasteiger charge is 2.40. The van der Waals surface area contributed by atoms with Crippen LogP contribution in [0.2, 0.25) is 0 Å². The number of halogens is 3. The normalized spacial score (nSPS) is 26.0. The van der Waals surface area contributed by atoms with Gasteiger partial charge < -0.3 is 20.1 Å². The molecule has 2 N–H and O–H groups in total. The van der Waals surface area contributed by atoms with Crippen molar-refractivity contribution in [3.63, 3.8) is 0 Å². The number of aryl methyl sites for hydroxylation is 1. The second kappa shape index (κ2) is 11.9. The summed E-state index contributed by atoms with van der Waals surface area (Å²) in [5.74, 6) is -1.13. The van der Waals surface area contributed by atoms with Gasteiger partial charge >= 0.3 is 6.01 Å². The SMILES string of the molecule is CCc1cccc2cc(O)cc(-c3c(F)cc4c(N5CC6CCC(C5)N6)nc(OCCCN5C6CC[C@@H]5CC(F)C6)nc4c3F)c12. The van der Waals surface area contributed by atoms with Crippen molar-refractivity contribution in [2.75, 3.05) is 31.1 Å². The highest BCUT2D eigenvalue weighted by atomic mass is 19.1. The number of anilines is 1. The lowest BCUT2D eigenvalue weighted by Gasteiger charge is -2.36. The monoisotopic (exact) mass is 631 g/mol. The Morgan fingerprint density at radius 3 is 2.50 bits per heavy atom. The number of ether oxygens (including phenoxy) is 1. The van der Waals surface area contributed by atoms with E-state index in [2.05, 4.69) is 20.1 Å². The summed E-state index contributed by atoms with van der Waals surface area (Å²) in [4.78, 5) is 13.8. The molecule has 10 heteroatoms. The summed E-state index contributed by atoms with van der Waals surface area (Å²) in [5, 5.41) is 15.9. The number of aromatic hydroxyl groups is 1. The zero-order chi connectivity index (χ0) is 31.5. The van der Waals surface area contributed by atoms with Gasteiger partial charge in [-0.15, -0.1) is 0 Å². The van der Waals surface area contributed by atoms with Crippen LogP contribution in [0, 0.1) is 11.6 Å². The van der Waals surface area contributed by atoms with E-state index in [1.807, 2.05) is 25.1 Å². The summed E-state index contributed by atoms with van der Waals surface area (Å²) < 4.78 is 53.2. The maximum atomic E-state index is 16.8. The van der Waals surface area contributed by atoms with Gasteiger partial charge in [0.2, 0.25) is 0 Å². The molecule has 0 saturated carbocycles. The highest BCUT2D eigenvalue weighted by molar-refractivity contribution is 6.03. The van der Waals surface area contributed by atoms with Crippen molar-refractivity contribution in [3.05, 3.63) is 53.6 Å². The number of hydrogen-bond acceptors (Lipinski definition) is 7. The molecule has 1 aromatic heterocycles. The molecule has 5 atom stereocenters.